The highest BCUT2D eigenvalue weighted by Crippen LogP contribution is 2.22. The molecule has 0 amide bonds. The first-order valence-electron chi connectivity index (χ1n) is 7.67. The van der Waals surface area contributed by atoms with Gasteiger partial charge in [-0.05, 0) is 42.5 Å². The van der Waals surface area contributed by atoms with Crippen LogP contribution in [0.5, 0.6) is 0 Å². The molecule has 2 aromatic heterocycles. The average Bonchev–Trinajstić information content (AvgIpc) is 2.99. The summed E-state index contributed by atoms with van der Waals surface area (Å²) in [6.45, 7) is 0.523. The van der Waals surface area contributed by atoms with Crippen LogP contribution in [0.3, 0.4) is 0 Å². The Morgan fingerprint density at radius 1 is 0.958 bits per heavy atom. The predicted molar refractivity (Wildman–Crippen MR) is 92.6 cm³/mol. The number of rotatable bonds is 4. The second-order valence-electron chi connectivity index (χ2n) is 5.42. The van der Waals surface area contributed by atoms with Crippen LogP contribution in [0, 0.1) is 5.82 Å². The number of halogens is 1. The maximum absolute atomic E-state index is 13.7. The topological polar surface area (TPSA) is 42.7 Å². The SMILES string of the molecule is Fc1cccc(-n2c(CNc3ccncc3)nc3ccccc32)c1. The smallest absolute Gasteiger partial charge is 0.133 e. The van der Waals surface area contributed by atoms with Crippen LogP contribution in [0.2, 0.25) is 0 Å². The lowest BCUT2D eigenvalue weighted by atomic mass is 10.2. The maximum atomic E-state index is 13.7. The van der Waals surface area contributed by atoms with E-state index in [0.717, 1.165) is 28.2 Å². The van der Waals surface area contributed by atoms with E-state index in [0.29, 0.717) is 6.54 Å². The van der Waals surface area contributed by atoms with Crippen LogP contribution in [0.1, 0.15) is 5.82 Å². The average molecular weight is 318 g/mol. The van der Waals surface area contributed by atoms with Gasteiger partial charge in [-0.3, -0.25) is 9.55 Å². The number of nitrogens with zero attached hydrogens (tertiary/aromatic N) is 3. The van der Waals surface area contributed by atoms with Gasteiger partial charge in [0, 0.05) is 18.1 Å². The van der Waals surface area contributed by atoms with Crippen LogP contribution in [0.25, 0.3) is 16.7 Å². The number of benzene rings is 2. The van der Waals surface area contributed by atoms with Gasteiger partial charge in [-0.2, -0.15) is 0 Å². The zero-order valence-corrected chi connectivity index (χ0v) is 12.9. The molecule has 0 aliphatic heterocycles. The van der Waals surface area contributed by atoms with Gasteiger partial charge in [0.2, 0.25) is 0 Å². The minimum atomic E-state index is -0.265. The number of aromatic nitrogens is 3. The minimum absolute atomic E-state index is 0.265. The van der Waals surface area contributed by atoms with Crippen molar-refractivity contribution in [2.45, 2.75) is 6.54 Å². The van der Waals surface area contributed by atoms with E-state index in [1.54, 1.807) is 18.5 Å². The normalized spacial score (nSPS) is 10.9. The van der Waals surface area contributed by atoms with Crippen LogP contribution in [-0.4, -0.2) is 14.5 Å². The molecular formula is C19H15FN4. The third kappa shape index (κ3) is 2.72. The number of hydrogen-bond donors (Lipinski definition) is 1. The van der Waals surface area contributed by atoms with Gasteiger partial charge in [-0.25, -0.2) is 9.37 Å². The number of nitrogens with one attached hydrogen (secondary N) is 1. The predicted octanol–water partition coefficient (Wildman–Crippen LogP) is 4.17. The summed E-state index contributed by atoms with van der Waals surface area (Å²) in [6, 6.07) is 18.2. The number of anilines is 1. The molecule has 0 radical (unpaired) electrons. The fourth-order valence-corrected chi connectivity index (χ4v) is 2.75. The maximum Gasteiger partial charge on any atom is 0.133 e. The molecule has 2 heterocycles. The molecule has 0 saturated heterocycles. The molecule has 0 saturated carbocycles. The molecule has 0 unspecified atom stereocenters. The molecule has 4 aromatic rings. The molecule has 4 nitrogen and oxygen atoms in total. The highest BCUT2D eigenvalue weighted by Gasteiger charge is 2.12. The Morgan fingerprint density at radius 3 is 2.62 bits per heavy atom. The second kappa shape index (κ2) is 6.12. The summed E-state index contributed by atoms with van der Waals surface area (Å²) < 4.78 is 15.7. The van der Waals surface area contributed by atoms with Gasteiger partial charge in [-0.15, -0.1) is 0 Å². The third-order valence-electron chi connectivity index (χ3n) is 3.83. The summed E-state index contributed by atoms with van der Waals surface area (Å²) >= 11 is 0. The molecule has 0 atom stereocenters. The van der Waals surface area contributed by atoms with E-state index in [-0.39, 0.29) is 5.82 Å². The Kier molecular flexibility index (Phi) is 3.67. The van der Waals surface area contributed by atoms with Crippen LogP contribution >= 0.6 is 0 Å². The standard InChI is InChI=1S/C19H15FN4/c20-14-4-3-5-16(12-14)24-18-7-2-1-6-17(18)23-19(24)13-22-15-8-10-21-11-9-15/h1-12H,13H2,(H,21,22). The van der Waals surface area contributed by atoms with Crippen LogP contribution in [0.4, 0.5) is 10.1 Å². The summed E-state index contributed by atoms with van der Waals surface area (Å²) in [5.74, 6) is 0.553. The van der Waals surface area contributed by atoms with E-state index in [1.807, 2.05) is 47.0 Å². The molecule has 5 heteroatoms. The molecular weight excluding hydrogens is 303 g/mol. The summed E-state index contributed by atoms with van der Waals surface area (Å²) in [5.41, 5.74) is 3.56. The number of imidazole rings is 1. The fraction of sp³-hybridized carbons (Fsp3) is 0.0526. The zero-order chi connectivity index (χ0) is 16.4. The first-order chi connectivity index (χ1) is 11.8. The van der Waals surface area contributed by atoms with Gasteiger partial charge < -0.3 is 5.32 Å². The highest BCUT2D eigenvalue weighted by atomic mass is 19.1. The van der Waals surface area contributed by atoms with Gasteiger partial charge in [0.1, 0.15) is 11.6 Å². The van der Waals surface area contributed by atoms with Crippen molar-refractivity contribution in [2.75, 3.05) is 5.32 Å². The molecule has 1 N–H and O–H groups in total. The van der Waals surface area contributed by atoms with Gasteiger partial charge in [0.25, 0.3) is 0 Å². The van der Waals surface area contributed by atoms with Crippen molar-refractivity contribution in [2.24, 2.45) is 0 Å². The molecule has 0 aliphatic carbocycles. The van der Waals surface area contributed by atoms with Gasteiger partial charge in [-0.1, -0.05) is 18.2 Å². The van der Waals surface area contributed by atoms with Gasteiger partial charge in [0.15, 0.2) is 0 Å². The summed E-state index contributed by atoms with van der Waals surface area (Å²) in [7, 11) is 0. The van der Waals surface area contributed by atoms with Crippen molar-refractivity contribution < 1.29 is 4.39 Å². The minimum Gasteiger partial charge on any atom is -0.378 e. The van der Waals surface area contributed by atoms with Gasteiger partial charge in [0.05, 0.1) is 23.3 Å². The Hall–Kier alpha value is -3.21. The van der Waals surface area contributed by atoms with E-state index >= 15 is 0 Å². The Balaban J connectivity index is 1.78. The number of fused-ring (bicyclic) bond motifs is 1. The largest absolute Gasteiger partial charge is 0.378 e. The van der Waals surface area contributed by atoms with Crippen molar-refractivity contribution in [3.63, 3.8) is 0 Å². The first-order valence-corrected chi connectivity index (χ1v) is 7.67. The Bertz CT molecular complexity index is 979. The van der Waals surface area contributed by atoms with E-state index in [9.17, 15) is 4.39 Å². The Labute approximate surface area is 138 Å². The molecule has 0 bridgehead atoms. The van der Waals surface area contributed by atoms with Crippen molar-refractivity contribution in [1.29, 1.82) is 0 Å². The van der Waals surface area contributed by atoms with E-state index in [1.165, 1.54) is 12.1 Å². The Morgan fingerprint density at radius 2 is 1.79 bits per heavy atom. The molecule has 0 fully saturated rings. The lowest BCUT2D eigenvalue weighted by Gasteiger charge is -2.11. The molecule has 118 valence electrons. The molecule has 0 spiro atoms. The lowest BCUT2D eigenvalue weighted by Crippen LogP contribution is -2.07. The molecule has 4 rings (SSSR count). The number of para-hydroxylation sites is 2. The first kappa shape index (κ1) is 14.4. The summed E-state index contributed by atoms with van der Waals surface area (Å²) in [6.07, 6.45) is 3.47. The summed E-state index contributed by atoms with van der Waals surface area (Å²) in [5, 5.41) is 3.33. The van der Waals surface area contributed by atoms with Crippen molar-refractivity contribution in [1.82, 2.24) is 14.5 Å². The fourth-order valence-electron chi connectivity index (χ4n) is 2.75. The van der Waals surface area contributed by atoms with Crippen LogP contribution in [-0.2, 0) is 6.54 Å². The summed E-state index contributed by atoms with van der Waals surface area (Å²) in [4.78, 5) is 8.70. The monoisotopic (exact) mass is 318 g/mol. The second-order valence-corrected chi connectivity index (χ2v) is 5.42. The zero-order valence-electron chi connectivity index (χ0n) is 12.9. The molecule has 24 heavy (non-hydrogen) atoms. The van der Waals surface area contributed by atoms with Gasteiger partial charge >= 0.3 is 0 Å². The van der Waals surface area contributed by atoms with Crippen LogP contribution < -0.4 is 5.32 Å². The van der Waals surface area contributed by atoms with Crippen LogP contribution in [0.15, 0.2) is 73.1 Å². The van der Waals surface area contributed by atoms with Crippen molar-refractivity contribution >= 4 is 16.7 Å². The quantitative estimate of drug-likeness (QED) is 0.614. The van der Waals surface area contributed by atoms with E-state index < -0.39 is 0 Å². The third-order valence-corrected chi connectivity index (χ3v) is 3.83. The number of pyridine rings is 1. The van der Waals surface area contributed by atoms with Crippen molar-refractivity contribution in [3.05, 3.63) is 84.7 Å². The molecule has 2 aromatic carbocycles. The van der Waals surface area contributed by atoms with E-state index in [4.69, 9.17) is 4.98 Å². The number of hydrogen-bond acceptors (Lipinski definition) is 3. The lowest BCUT2D eigenvalue weighted by molar-refractivity contribution is 0.626. The molecule has 0 aliphatic rings. The highest BCUT2D eigenvalue weighted by molar-refractivity contribution is 5.78. The van der Waals surface area contributed by atoms with Crippen molar-refractivity contribution in [3.8, 4) is 5.69 Å². The van der Waals surface area contributed by atoms with E-state index in [2.05, 4.69) is 10.3 Å².